The molecule has 9 heteroatoms. The molecule has 33 heavy (non-hydrogen) atoms. The molecule has 0 aliphatic carbocycles. The van der Waals surface area contributed by atoms with Crippen molar-refractivity contribution in [3.63, 3.8) is 0 Å². The maximum atomic E-state index is 13.3. The molecule has 1 aromatic rings. The highest BCUT2D eigenvalue weighted by atomic mass is 16.2. The van der Waals surface area contributed by atoms with E-state index in [1.54, 1.807) is 4.90 Å². The lowest BCUT2D eigenvalue weighted by Crippen LogP contribution is -2.54. The predicted molar refractivity (Wildman–Crippen MR) is 122 cm³/mol. The summed E-state index contributed by atoms with van der Waals surface area (Å²) in [6, 6.07) is 4.67. The standard InChI is InChI=1S/C24H33N5O4/c1-14(2)21(24(33)28-10-4-7-17(25)13-28)26-11-15-5-3-6-16-12-29(23(32)20(15)16)18-8-9-19(30)27-22(18)31/h3,5-6,14,17-18,21,26H,4,7-13,25H2,1-2H3,(H,27,30,31)/t17?,18?,21-/m0/s1. The van der Waals surface area contributed by atoms with E-state index in [0.717, 1.165) is 30.5 Å². The quantitative estimate of drug-likeness (QED) is 0.537. The van der Waals surface area contributed by atoms with Crippen LogP contribution in [0.5, 0.6) is 0 Å². The number of carbonyl (C=O) groups excluding carboxylic acids is 4. The van der Waals surface area contributed by atoms with Gasteiger partial charge in [-0.25, -0.2) is 0 Å². The number of amides is 4. The maximum Gasteiger partial charge on any atom is 0.255 e. The van der Waals surface area contributed by atoms with Gasteiger partial charge in [-0.1, -0.05) is 32.0 Å². The molecule has 178 valence electrons. The van der Waals surface area contributed by atoms with Crippen LogP contribution in [0, 0.1) is 5.92 Å². The zero-order chi connectivity index (χ0) is 23.7. The maximum absolute atomic E-state index is 13.3. The van der Waals surface area contributed by atoms with Crippen molar-refractivity contribution in [2.45, 2.75) is 70.7 Å². The van der Waals surface area contributed by atoms with Crippen molar-refractivity contribution < 1.29 is 19.2 Å². The van der Waals surface area contributed by atoms with Gasteiger partial charge in [-0.2, -0.15) is 0 Å². The van der Waals surface area contributed by atoms with Crippen LogP contribution in [0.3, 0.4) is 0 Å². The molecule has 0 aromatic heterocycles. The third-order valence-electron chi connectivity index (χ3n) is 6.85. The second-order valence-electron chi connectivity index (χ2n) is 9.64. The van der Waals surface area contributed by atoms with Crippen molar-refractivity contribution in [3.05, 3.63) is 34.9 Å². The van der Waals surface area contributed by atoms with E-state index >= 15 is 0 Å². The third-order valence-corrected chi connectivity index (χ3v) is 6.85. The summed E-state index contributed by atoms with van der Waals surface area (Å²) in [5, 5.41) is 5.71. The molecule has 2 saturated heterocycles. The number of carbonyl (C=O) groups is 4. The van der Waals surface area contributed by atoms with Gasteiger partial charge < -0.3 is 20.9 Å². The molecule has 3 heterocycles. The predicted octanol–water partition coefficient (Wildman–Crippen LogP) is 0.512. The fourth-order valence-electron chi connectivity index (χ4n) is 5.07. The minimum atomic E-state index is -0.642. The van der Waals surface area contributed by atoms with Gasteiger partial charge in [0.05, 0.1) is 6.04 Å². The normalized spacial score (nSPS) is 24.2. The van der Waals surface area contributed by atoms with E-state index in [0.29, 0.717) is 31.6 Å². The van der Waals surface area contributed by atoms with E-state index in [1.165, 1.54) is 0 Å². The first-order chi connectivity index (χ1) is 15.8. The molecule has 3 aliphatic rings. The minimum absolute atomic E-state index is 0.0174. The van der Waals surface area contributed by atoms with Crippen LogP contribution in [-0.4, -0.2) is 64.6 Å². The average Bonchev–Trinajstić information content (AvgIpc) is 3.10. The van der Waals surface area contributed by atoms with E-state index in [9.17, 15) is 19.2 Å². The molecule has 3 aliphatic heterocycles. The fourth-order valence-corrected chi connectivity index (χ4v) is 5.07. The molecule has 0 bridgehead atoms. The van der Waals surface area contributed by atoms with Crippen LogP contribution in [-0.2, 0) is 27.5 Å². The van der Waals surface area contributed by atoms with Gasteiger partial charge in [-0.15, -0.1) is 0 Å². The number of nitrogens with one attached hydrogen (secondary N) is 2. The minimum Gasteiger partial charge on any atom is -0.340 e. The summed E-state index contributed by atoms with van der Waals surface area (Å²) in [7, 11) is 0. The first-order valence-corrected chi connectivity index (χ1v) is 11.8. The molecule has 4 N–H and O–H groups in total. The summed E-state index contributed by atoms with van der Waals surface area (Å²) in [6.07, 6.45) is 2.41. The van der Waals surface area contributed by atoms with Gasteiger partial charge in [-0.3, -0.25) is 24.5 Å². The molecule has 4 rings (SSSR count). The molecule has 4 amide bonds. The monoisotopic (exact) mass is 455 g/mol. The number of fused-ring (bicyclic) bond motifs is 1. The topological polar surface area (TPSA) is 125 Å². The molecule has 3 atom stereocenters. The Morgan fingerprint density at radius 1 is 1.24 bits per heavy atom. The molecule has 0 spiro atoms. The summed E-state index contributed by atoms with van der Waals surface area (Å²) in [5.41, 5.74) is 8.32. The fraction of sp³-hybridized carbons (Fsp3) is 0.583. The summed E-state index contributed by atoms with van der Waals surface area (Å²) in [6.45, 7) is 6.01. The molecular weight excluding hydrogens is 422 g/mol. The van der Waals surface area contributed by atoms with E-state index in [2.05, 4.69) is 10.6 Å². The Kier molecular flexibility index (Phi) is 6.81. The number of benzene rings is 1. The van der Waals surface area contributed by atoms with Gasteiger partial charge in [-0.05, 0) is 36.3 Å². The van der Waals surface area contributed by atoms with Gasteiger partial charge in [0, 0.05) is 44.2 Å². The first-order valence-electron chi connectivity index (χ1n) is 11.8. The number of piperidine rings is 2. The van der Waals surface area contributed by atoms with Crippen molar-refractivity contribution in [1.29, 1.82) is 0 Å². The van der Waals surface area contributed by atoms with Crippen molar-refractivity contribution >= 4 is 23.6 Å². The number of hydrogen-bond acceptors (Lipinski definition) is 6. The molecule has 2 fully saturated rings. The number of nitrogens with two attached hydrogens (primary N) is 1. The van der Waals surface area contributed by atoms with Crippen molar-refractivity contribution in [1.82, 2.24) is 20.4 Å². The van der Waals surface area contributed by atoms with Crippen molar-refractivity contribution in [3.8, 4) is 0 Å². The lowest BCUT2D eigenvalue weighted by molar-refractivity contribution is -0.137. The van der Waals surface area contributed by atoms with Crippen LogP contribution >= 0.6 is 0 Å². The highest BCUT2D eigenvalue weighted by molar-refractivity contribution is 6.06. The Balaban J connectivity index is 1.48. The van der Waals surface area contributed by atoms with Gasteiger partial charge in [0.25, 0.3) is 5.91 Å². The van der Waals surface area contributed by atoms with Gasteiger partial charge in [0.2, 0.25) is 17.7 Å². The molecule has 1 aromatic carbocycles. The Morgan fingerprint density at radius 2 is 2.03 bits per heavy atom. The van der Waals surface area contributed by atoms with E-state index < -0.39 is 11.9 Å². The second kappa shape index (κ2) is 9.61. The first kappa shape index (κ1) is 23.4. The Bertz CT molecular complexity index is 962. The number of imide groups is 1. The van der Waals surface area contributed by atoms with Crippen molar-refractivity contribution in [2.75, 3.05) is 13.1 Å². The Morgan fingerprint density at radius 3 is 2.73 bits per heavy atom. The largest absolute Gasteiger partial charge is 0.340 e. The summed E-state index contributed by atoms with van der Waals surface area (Å²) < 4.78 is 0. The molecule has 0 saturated carbocycles. The summed E-state index contributed by atoms with van der Waals surface area (Å²) >= 11 is 0. The van der Waals surface area contributed by atoms with E-state index in [1.807, 2.05) is 36.9 Å². The zero-order valence-electron chi connectivity index (χ0n) is 19.3. The van der Waals surface area contributed by atoms with Gasteiger partial charge in [0.1, 0.15) is 6.04 Å². The second-order valence-corrected chi connectivity index (χ2v) is 9.64. The average molecular weight is 456 g/mol. The van der Waals surface area contributed by atoms with Gasteiger partial charge >= 0.3 is 0 Å². The summed E-state index contributed by atoms with van der Waals surface area (Å²) in [4.78, 5) is 53.7. The number of hydrogen-bond donors (Lipinski definition) is 3. The molecule has 2 unspecified atom stereocenters. The summed E-state index contributed by atoms with van der Waals surface area (Å²) in [5.74, 6) is -0.805. The van der Waals surface area contributed by atoms with Crippen LogP contribution in [0.1, 0.15) is 61.0 Å². The van der Waals surface area contributed by atoms with E-state index in [-0.39, 0.29) is 42.1 Å². The number of likely N-dealkylation sites (tertiary alicyclic amines) is 1. The van der Waals surface area contributed by atoms with Gasteiger partial charge in [0.15, 0.2) is 0 Å². The smallest absolute Gasteiger partial charge is 0.255 e. The number of rotatable bonds is 6. The van der Waals surface area contributed by atoms with Crippen molar-refractivity contribution in [2.24, 2.45) is 11.7 Å². The third kappa shape index (κ3) is 4.79. The zero-order valence-corrected chi connectivity index (χ0v) is 19.3. The van der Waals surface area contributed by atoms with Crippen LogP contribution in [0.4, 0.5) is 0 Å². The van der Waals surface area contributed by atoms with Crippen LogP contribution < -0.4 is 16.4 Å². The molecule has 9 nitrogen and oxygen atoms in total. The highest BCUT2D eigenvalue weighted by Crippen LogP contribution is 2.30. The lowest BCUT2D eigenvalue weighted by Gasteiger charge is -2.35. The van der Waals surface area contributed by atoms with Crippen LogP contribution in [0.25, 0.3) is 0 Å². The lowest BCUT2D eigenvalue weighted by atomic mass is 9.98. The Hall–Kier alpha value is -2.78. The van der Waals surface area contributed by atoms with Crippen LogP contribution in [0.2, 0.25) is 0 Å². The highest BCUT2D eigenvalue weighted by Gasteiger charge is 2.40. The SMILES string of the molecule is CC(C)[C@H](NCc1cccc2c1C(=O)N(C1CCC(=O)NC1=O)C2)C(=O)N1CCCC(N)C1. The number of nitrogens with zero attached hydrogens (tertiary/aromatic N) is 2. The molecule has 0 radical (unpaired) electrons. The van der Waals surface area contributed by atoms with E-state index in [4.69, 9.17) is 5.73 Å². The Labute approximate surface area is 194 Å². The van der Waals surface area contributed by atoms with Crippen LogP contribution in [0.15, 0.2) is 18.2 Å². The molecular formula is C24H33N5O4.